The second-order valence-electron chi connectivity index (χ2n) is 7.80. The Labute approximate surface area is 181 Å². The van der Waals surface area contributed by atoms with E-state index in [0.29, 0.717) is 42.4 Å². The summed E-state index contributed by atoms with van der Waals surface area (Å²) in [5, 5.41) is 0. The molecule has 4 rings (SSSR count). The molecular weight excluding hydrogens is 398 g/mol. The molecule has 0 aromatic heterocycles. The van der Waals surface area contributed by atoms with E-state index >= 15 is 0 Å². The van der Waals surface area contributed by atoms with Crippen LogP contribution in [0.1, 0.15) is 41.1 Å². The van der Waals surface area contributed by atoms with Crippen molar-refractivity contribution in [2.75, 3.05) is 33.9 Å². The van der Waals surface area contributed by atoms with E-state index in [2.05, 4.69) is 0 Å². The largest absolute Gasteiger partial charge is 0.497 e. The minimum absolute atomic E-state index is 0.00563. The number of hydrogen-bond acceptors (Lipinski definition) is 6. The molecule has 0 N–H and O–H groups in total. The lowest BCUT2D eigenvalue weighted by Gasteiger charge is -2.19. The molecule has 1 unspecified atom stereocenters. The van der Waals surface area contributed by atoms with Gasteiger partial charge in [0.25, 0.3) is 0 Å². The lowest BCUT2D eigenvalue weighted by Crippen LogP contribution is -2.31. The van der Waals surface area contributed by atoms with Gasteiger partial charge in [-0.05, 0) is 48.4 Å². The molecule has 1 amide bonds. The Morgan fingerprint density at radius 1 is 1.10 bits per heavy atom. The third-order valence-electron chi connectivity index (χ3n) is 5.77. The number of hydrogen-bond donors (Lipinski definition) is 0. The van der Waals surface area contributed by atoms with Crippen LogP contribution in [0, 0.1) is 0 Å². The summed E-state index contributed by atoms with van der Waals surface area (Å²) >= 11 is 0. The maximum atomic E-state index is 12.6. The number of ketones is 1. The van der Waals surface area contributed by atoms with Gasteiger partial charge in [-0.15, -0.1) is 0 Å². The van der Waals surface area contributed by atoms with E-state index in [1.807, 2.05) is 18.2 Å². The molecule has 2 aliphatic heterocycles. The highest BCUT2D eigenvalue weighted by atomic mass is 16.7. The third-order valence-corrected chi connectivity index (χ3v) is 5.77. The second-order valence-corrected chi connectivity index (χ2v) is 7.80. The van der Waals surface area contributed by atoms with Crippen molar-refractivity contribution in [2.24, 2.45) is 0 Å². The van der Waals surface area contributed by atoms with Crippen molar-refractivity contribution < 1.29 is 28.5 Å². The van der Waals surface area contributed by atoms with Crippen LogP contribution in [-0.4, -0.2) is 56.8 Å². The van der Waals surface area contributed by atoms with Crippen LogP contribution in [0.4, 0.5) is 0 Å². The Kier molecular flexibility index (Phi) is 6.42. The van der Waals surface area contributed by atoms with Gasteiger partial charge in [0.15, 0.2) is 23.6 Å². The Balaban J connectivity index is 1.43. The molecule has 7 nitrogen and oxygen atoms in total. The maximum Gasteiger partial charge on any atom is 0.223 e. The quantitative estimate of drug-likeness (QED) is 0.604. The van der Waals surface area contributed by atoms with Crippen molar-refractivity contribution in [1.82, 2.24) is 4.90 Å². The molecule has 2 atom stereocenters. The molecule has 2 aromatic carbocycles. The fraction of sp³-hybridized carbons (Fsp3) is 0.417. The average Bonchev–Trinajstić information content (AvgIpc) is 3.43. The van der Waals surface area contributed by atoms with E-state index in [1.165, 1.54) is 0 Å². The van der Waals surface area contributed by atoms with E-state index < -0.39 is 0 Å². The molecule has 0 radical (unpaired) electrons. The van der Waals surface area contributed by atoms with Crippen molar-refractivity contribution in [3.8, 4) is 17.2 Å². The van der Waals surface area contributed by atoms with Crippen LogP contribution in [-0.2, 0) is 9.53 Å². The van der Waals surface area contributed by atoms with Crippen molar-refractivity contribution in [3.63, 3.8) is 0 Å². The molecule has 2 aliphatic rings. The first-order valence-corrected chi connectivity index (χ1v) is 10.5. The van der Waals surface area contributed by atoms with Crippen LogP contribution in [0.25, 0.3) is 0 Å². The van der Waals surface area contributed by atoms with Gasteiger partial charge in [0.05, 0.1) is 27.4 Å². The fourth-order valence-corrected chi connectivity index (χ4v) is 4.01. The van der Waals surface area contributed by atoms with Crippen LogP contribution < -0.4 is 14.2 Å². The van der Waals surface area contributed by atoms with Gasteiger partial charge in [0, 0.05) is 30.9 Å². The fourth-order valence-electron chi connectivity index (χ4n) is 4.01. The lowest BCUT2D eigenvalue weighted by atomic mass is 9.98. The van der Waals surface area contributed by atoms with Crippen LogP contribution in [0.3, 0.4) is 0 Å². The van der Waals surface area contributed by atoms with Gasteiger partial charge in [-0.2, -0.15) is 0 Å². The van der Waals surface area contributed by atoms with Crippen molar-refractivity contribution >= 4 is 11.7 Å². The van der Waals surface area contributed by atoms with Gasteiger partial charge < -0.3 is 23.8 Å². The van der Waals surface area contributed by atoms with Gasteiger partial charge in [0.1, 0.15) is 5.75 Å². The predicted molar refractivity (Wildman–Crippen MR) is 114 cm³/mol. The summed E-state index contributed by atoms with van der Waals surface area (Å²) in [7, 11) is 3.18. The van der Waals surface area contributed by atoms with Crippen molar-refractivity contribution in [2.45, 2.75) is 31.5 Å². The van der Waals surface area contributed by atoms with Crippen molar-refractivity contribution in [1.29, 1.82) is 0 Å². The van der Waals surface area contributed by atoms with Gasteiger partial charge in [-0.3, -0.25) is 9.59 Å². The number of rotatable bonds is 8. The molecule has 31 heavy (non-hydrogen) atoms. The number of benzene rings is 2. The summed E-state index contributed by atoms with van der Waals surface area (Å²) < 4.78 is 22.1. The van der Waals surface area contributed by atoms with Crippen LogP contribution in [0.2, 0.25) is 0 Å². The highest BCUT2D eigenvalue weighted by Gasteiger charge is 2.32. The number of Topliss-reactive ketones (excluding diaryl/α,β-unsaturated/α-hetero) is 1. The minimum Gasteiger partial charge on any atom is -0.497 e. The lowest BCUT2D eigenvalue weighted by molar-refractivity contribution is -0.127. The minimum atomic E-state index is -0.270. The Hall–Kier alpha value is -3.06. The van der Waals surface area contributed by atoms with Gasteiger partial charge in [-0.25, -0.2) is 0 Å². The summed E-state index contributed by atoms with van der Waals surface area (Å²) in [5.41, 5.74) is 1.55. The van der Waals surface area contributed by atoms with E-state index in [0.717, 1.165) is 18.4 Å². The molecule has 164 valence electrons. The summed E-state index contributed by atoms with van der Waals surface area (Å²) in [5.74, 6) is 1.82. The summed E-state index contributed by atoms with van der Waals surface area (Å²) in [6, 6.07) is 12.7. The molecule has 0 aliphatic carbocycles. The monoisotopic (exact) mass is 425 g/mol. The van der Waals surface area contributed by atoms with Crippen LogP contribution in [0.5, 0.6) is 17.2 Å². The van der Waals surface area contributed by atoms with Gasteiger partial charge in [0.2, 0.25) is 5.91 Å². The van der Waals surface area contributed by atoms with Gasteiger partial charge in [-0.1, -0.05) is 6.07 Å². The Bertz CT molecular complexity index is 936. The number of carbonyl (C=O) groups is 2. The number of carbonyl (C=O) groups excluding carboxylic acids is 2. The Morgan fingerprint density at radius 2 is 1.90 bits per heavy atom. The molecule has 2 saturated heterocycles. The van der Waals surface area contributed by atoms with Crippen LogP contribution >= 0.6 is 0 Å². The summed E-state index contributed by atoms with van der Waals surface area (Å²) in [4.78, 5) is 26.9. The maximum absolute atomic E-state index is 12.6. The van der Waals surface area contributed by atoms with E-state index in [9.17, 15) is 9.59 Å². The highest BCUT2D eigenvalue weighted by molar-refractivity contribution is 5.99. The summed E-state index contributed by atoms with van der Waals surface area (Å²) in [6.45, 7) is 1.25. The zero-order valence-corrected chi connectivity index (χ0v) is 17.8. The number of nitrogens with zero attached hydrogens (tertiary/aromatic N) is 1. The predicted octanol–water partition coefficient (Wildman–Crippen LogP) is 3.42. The van der Waals surface area contributed by atoms with Crippen LogP contribution in [0.15, 0.2) is 42.5 Å². The smallest absolute Gasteiger partial charge is 0.223 e. The SMILES string of the molecule is COc1ccc(C(=O)CN2C[C@H](c3ccc(OC)c(OC4CCCO4)c3)CC2=O)cc1. The second kappa shape index (κ2) is 9.39. The molecular formula is C24H27NO6. The first-order chi connectivity index (χ1) is 15.1. The van der Waals surface area contributed by atoms with E-state index in [-0.39, 0.29) is 30.4 Å². The zero-order valence-electron chi connectivity index (χ0n) is 17.8. The molecule has 2 fully saturated rings. The topological polar surface area (TPSA) is 74.3 Å². The third kappa shape index (κ3) is 4.82. The van der Waals surface area contributed by atoms with Gasteiger partial charge >= 0.3 is 0 Å². The highest BCUT2D eigenvalue weighted by Crippen LogP contribution is 2.36. The Morgan fingerprint density at radius 3 is 2.58 bits per heavy atom. The number of amides is 1. The molecule has 2 aromatic rings. The summed E-state index contributed by atoms with van der Waals surface area (Å²) in [6.07, 6.45) is 1.91. The number of likely N-dealkylation sites (tertiary alicyclic amines) is 1. The first kappa shape index (κ1) is 21.2. The normalized spacial score (nSPS) is 20.7. The number of ether oxygens (including phenoxy) is 4. The van der Waals surface area contributed by atoms with E-state index in [4.69, 9.17) is 18.9 Å². The van der Waals surface area contributed by atoms with Crippen molar-refractivity contribution in [3.05, 3.63) is 53.6 Å². The molecule has 0 spiro atoms. The standard InChI is InChI=1S/C24H27NO6/c1-28-19-8-5-16(6-9-19)20(26)15-25-14-18(13-23(25)27)17-7-10-21(29-2)22(12-17)31-24-4-3-11-30-24/h5-10,12,18,24H,3-4,11,13-15H2,1-2H3/t18-,24?/m1/s1. The molecule has 0 saturated carbocycles. The zero-order chi connectivity index (χ0) is 21.8. The first-order valence-electron chi connectivity index (χ1n) is 10.5. The average molecular weight is 425 g/mol. The molecule has 0 bridgehead atoms. The van der Waals surface area contributed by atoms with E-state index in [1.54, 1.807) is 43.4 Å². The molecule has 2 heterocycles. The number of methoxy groups -OCH3 is 2. The molecule has 7 heteroatoms.